The van der Waals surface area contributed by atoms with Crippen LogP contribution in [0.15, 0.2) is 48.5 Å². The Morgan fingerprint density at radius 1 is 0.667 bits per heavy atom. The lowest BCUT2D eigenvalue weighted by Crippen LogP contribution is -2.59. The van der Waals surface area contributed by atoms with Gasteiger partial charge in [-0.3, -0.25) is 0 Å². The first-order chi connectivity index (χ1) is 11.1. The van der Waals surface area contributed by atoms with Crippen molar-refractivity contribution in [3.8, 4) is 0 Å². The first-order valence-corrected chi connectivity index (χ1v) is 7.20. The van der Waals surface area contributed by atoms with Gasteiger partial charge in [0.15, 0.2) is 0 Å². The molecule has 0 fully saturated rings. The van der Waals surface area contributed by atoms with Crippen LogP contribution in [-0.4, -0.2) is 32.4 Å². The number of aryl methyl sites for hydroxylation is 2. The Kier molecular flexibility index (Phi) is 4.46. The Bertz CT molecular complexity index is 698. The minimum atomic E-state index is -3.07. The molecule has 0 aromatic heterocycles. The molecule has 2 atom stereocenters. The van der Waals surface area contributed by atoms with Crippen LogP contribution < -0.4 is 0 Å². The average molecular weight is 330 g/mol. The molecule has 0 saturated carbocycles. The molecule has 2 unspecified atom stereocenters. The molecule has 0 aliphatic heterocycles. The summed E-state index contributed by atoms with van der Waals surface area (Å²) in [6.07, 6.45) is 0. The summed E-state index contributed by atoms with van der Waals surface area (Å²) in [7, 11) is 0. The second-order valence-electron chi connectivity index (χ2n) is 5.76. The maximum Gasteiger partial charge on any atom is 0.344 e. The van der Waals surface area contributed by atoms with Gasteiger partial charge in [-0.25, -0.2) is 9.59 Å². The molecule has 2 aromatic carbocycles. The molecule has 0 saturated heterocycles. The van der Waals surface area contributed by atoms with Gasteiger partial charge in [-0.1, -0.05) is 59.7 Å². The number of carbonyl (C=O) groups is 2. The number of aliphatic carboxylic acids is 2. The van der Waals surface area contributed by atoms with E-state index in [2.05, 4.69) is 0 Å². The fraction of sp³-hybridized carbons (Fsp3) is 0.222. The first kappa shape index (κ1) is 17.7. The molecule has 126 valence electrons. The number of hydrogen-bond acceptors (Lipinski definition) is 4. The monoisotopic (exact) mass is 330 g/mol. The van der Waals surface area contributed by atoms with Crippen LogP contribution >= 0.6 is 0 Å². The molecule has 0 aliphatic rings. The molecule has 2 rings (SSSR count). The highest BCUT2D eigenvalue weighted by atomic mass is 16.5. The number of carboxylic acids is 2. The van der Waals surface area contributed by atoms with Crippen LogP contribution in [-0.2, 0) is 20.8 Å². The molecule has 2 aromatic rings. The minimum absolute atomic E-state index is 0.230. The predicted octanol–water partition coefficient (Wildman–Crippen LogP) is 1.55. The molecule has 0 aliphatic carbocycles. The molecular formula is C18H18O6. The molecular weight excluding hydrogens is 312 g/mol. The maximum absolute atomic E-state index is 11.8. The third-order valence-electron chi connectivity index (χ3n) is 4.08. The Balaban J connectivity index is 2.77. The standard InChI is InChI=1S/C18H18O6/c1-11-3-7-13(8-4-11)17(23,15(19)20)18(24,16(21)22)14-9-5-12(2)6-10-14/h3-10,23-24H,1-2H3,(H,19,20)(H,21,22). The highest BCUT2D eigenvalue weighted by molar-refractivity contribution is 5.92. The number of aliphatic hydroxyl groups is 2. The van der Waals surface area contributed by atoms with E-state index in [9.17, 15) is 30.0 Å². The molecule has 0 heterocycles. The molecule has 0 amide bonds. The second-order valence-corrected chi connectivity index (χ2v) is 5.76. The van der Waals surface area contributed by atoms with Gasteiger partial charge in [-0.15, -0.1) is 0 Å². The number of benzene rings is 2. The zero-order valence-corrected chi connectivity index (χ0v) is 13.2. The van der Waals surface area contributed by atoms with E-state index in [1.807, 2.05) is 0 Å². The van der Waals surface area contributed by atoms with Crippen LogP contribution in [0.1, 0.15) is 22.3 Å². The zero-order valence-electron chi connectivity index (χ0n) is 13.2. The lowest BCUT2D eigenvalue weighted by molar-refractivity contribution is -0.213. The van der Waals surface area contributed by atoms with Crippen LogP contribution in [0.4, 0.5) is 0 Å². The summed E-state index contributed by atoms with van der Waals surface area (Å²) in [5.74, 6) is -3.73. The van der Waals surface area contributed by atoms with Gasteiger partial charge in [-0.2, -0.15) is 0 Å². The first-order valence-electron chi connectivity index (χ1n) is 7.20. The van der Waals surface area contributed by atoms with Crippen molar-refractivity contribution in [3.63, 3.8) is 0 Å². The maximum atomic E-state index is 11.8. The third kappa shape index (κ3) is 2.55. The number of rotatable bonds is 5. The highest BCUT2D eigenvalue weighted by Gasteiger charge is 2.63. The van der Waals surface area contributed by atoms with E-state index in [1.165, 1.54) is 48.5 Å². The Labute approximate surface area is 138 Å². The van der Waals surface area contributed by atoms with Crippen molar-refractivity contribution in [2.24, 2.45) is 0 Å². The van der Waals surface area contributed by atoms with E-state index < -0.39 is 23.1 Å². The van der Waals surface area contributed by atoms with Crippen LogP contribution in [0.2, 0.25) is 0 Å². The summed E-state index contributed by atoms with van der Waals surface area (Å²) in [5.41, 5.74) is -5.01. The molecule has 6 heteroatoms. The lowest BCUT2D eigenvalue weighted by atomic mass is 9.73. The molecule has 6 nitrogen and oxygen atoms in total. The van der Waals surface area contributed by atoms with Crippen LogP contribution in [0, 0.1) is 13.8 Å². The van der Waals surface area contributed by atoms with Crippen molar-refractivity contribution < 1.29 is 30.0 Å². The average Bonchev–Trinajstić information content (AvgIpc) is 2.54. The normalized spacial score (nSPS) is 16.0. The van der Waals surface area contributed by atoms with Gasteiger partial charge < -0.3 is 20.4 Å². The van der Waals surface area contributed by atoms with Crippen molar-refractivity contribution in [3.05, 3.63) is 70.8 Å². The molecule has 24 heavy (non-hydrogen) atoms. The van der Waals surface area contributed by atoms with E-state index in [4.69, 9.17) is 0 Å². The van der Waals surface area contributed by atoms with E-state index in [0.29, 0.717) is 0 Å². The summed E-state index contributed by atoms with van der Waals surface area (Å²) >= 11 is 0. The van der Waals surface area contributed by atoms with Crippen molar-refractivity contribution in [1.29, 1.82) is 0 Å². The Morgan fingerprint density at radius 2 is 0.917 bits per heavy atom. The SMILES string of the molecule is Cc1ccc(C(O)(C(=O)O)C(O)(C(=O)O)c2ccc(C)cc2)cc1. The summed E-state index contributed by atoms with van der Waals surface area (Å²) in [6.45, 7) is 3.51. The van der Waals surface area contributed by atoms with Crippen LogP contribution in [0.3, 0.4) is 0 Å². The number of carboxylic acid groups (broad SMARTS) is 2. The largest absolute Gasteiger partial charge is 0.479 e. The molecule has 0 radical (unpaired) electrons. The Hall–Kier alpha value is -2.70. The smallest absolute Gasteiger partial charge is 0.344 e. The van der Waals surface area contributed by atoms with Crippen molar-refractivity contribution in [2.45, 2.75) is 25.0 Å². The van der Waals surface area contributed by atoms with Crippen LogP contribution in [0.5, 0.6) is 0 Å². The van der Waals surface area contributed by atoms with Gasteiger partial charge in [0.25, 0.3) is 0 Å². The third-order valence-corrected chi connectivity index (χ3v) is 4.08. The van der Waals surface area contributed by atoms with Gasteiger partial charge >= 0.3 is 11.9 Å². The fourth-order valence-corrected chi connectivity index (χ4v) is 2.56. The highest BCUT2D eigenvalue weighted by Crippen LogP contribution is 2.41. The quantitative estimate of drug-likeness (QED) is 0.661. The van der Waals surface area contributed by atoms with Crippen molar-refractivity contribution in [2.75, 3.05) is 0 Å². The lowest BCUT2D eigenvalue weighted by Gasteiger charge is -2.37. The minimum Gasteiger partial charge on any atom is -0.479 e. The van der Waals surface area contributed by atoms with Crippen LogP contribution in [0.25, 0.3) is 0 Å². The van der Waals surface area contributed by atoms with Crippen molar-refractivity contribution in [1.82, 2.24) is 0 Å². The summed E-state index contributed by atoms with van der Waals surface area (Å²) in [6, 6.07) is 11.2. The predicted molar refractivity (Wildman–Crippen MR) is 85.4 cm³/mol. The van der Waals surface area contributed by atoms with E-state index in [0.717, 1.165) is 11.1 Å². The molecule has 0 spiro atoms. The van der Waals surface area contributed by atoms with E-state index >= 15 is 0 Å². The Morgan fingerprint density at radius 3 is 1.12 bits per heavy atom. The van der Waals surface area contributed by atoms with E-state index in [-0.39, 0.29) is 11.1 Å². The van der Waals surface area contributed by atoms with E-state index in [1.54, 1.807) is 13.8 Å². The van der Waals surface area contributed by atoms with Gasteiger partial charge in [0, 0.05) is 0 Å². The molecule has 0 bridgehead atoms. The van der Waals surface area contributed by atoms with Gasteiger partial charge in [0.1, 0.15) is 0 Å². The fourth-order valence-electron chi connectivity index (χ4n) is 2.56. The topological polar surface area (TPSA) is 115 Å². The van der Waals surface area contributed by atoms with Crippen molar-refractivity contribution >= 4 is 11.9 Å². The zero-order chi connectivity index (χ0) is 18.1. The molecule has 4 N–H and O–H groups in total. The summed E-state index contributed by atoms with van der Waals surface area (Å²) in [4.78, 5) is 23.6. The summed E-state index contributed by atoms with van der Waals surface area (Å²) < 4.78 is 0. The van der Waals surface area contributed by atoms with Gasteiger partial charge in [-0.05, 0) is 25.0 Å². The number of hydrogen-bond donors (Lipinski definition) is 4. The van der Waals surface area contributed by atoms with Gasteiger partial charge in [0.05, 0.1) is 0 Å². The summed E-state index contributed by atoms with van der Waals surface area (Å²) in [5, 5.41) is 40.8. The van der Waals surface area contributed by atoms with Gasteiger partial charge in [0.2, 0.25) is 11.2 Å². The second kappa shape index (κ2) is 6.07.